The van der Waals surface area contributed by atoms with E-state index in [-0.39, 0.29) is 0 Å². The number of hydrogen-bond donors (Lipinski definition) is 2. The van der Waals surface area contributed by atoms with Gasteiger partial charge in [-0.1, -0.05) is 40.6 Å². The zero-order chi connectivity index (χ0) is 10.2. The number of oxime groups is 2. The van der Waals surface area contributed by atoms with Gasteiger partial charge in [0.1, 0.15) is 5.71 Å². The van der Waals surface area contributed by atoms with Gasteiger partial charge >= 0.3 is 0 Å². The molecule has 0 amide bonds. The Hall–Kier alpha value is -1.84. The second-order valence-electron chi connectivity index (χ2n) is 2.82. The zero-order valence-electron chi connectivity index (χ0n) is 7.67. The molecule has 0 aliphatic carbocycles. The lowest BCUT2D eigenvalue weighted by molar-refractivity contribution is 0.314. The average molecular weight is 192 g/mol. The molecule has 0 aromatic heterocycles. The largest absolute Gasteiger partial charge is 0.411 e. The third kappa shape index (κ3) is 3.26. The van der Waals surface area contributed by atoms with Gasteiger partial charge in [0.2, 0.25) is 0 Å². The fourth-order valence-corrected chi connectivity index (χ4v) is 1.12. The molecule has 1 aromatic rings. The van der Waals surface area contributed by atoms with Gasteiger partial charge in [-0.2, -0.15) is 0 Å². The predicted molar refractivity (Wildman–Crippen MR) is 54.3 cm³/mol. The molecule has 2 N–H and O–H groups in total. The van der Waals surface area contributed by atoms with Crippen LogP contribution in [-0.4, -0.2) is 22.3 Å². The number of nitrogens with zero attached hydrogens (tertiary/aromatic N) is 2. The molecular weight excluding hydrogens is 180 g/mol. The van der Waals surface area contributed by atoms with Gasteiger partial charge in [0.15, 0.2) is 0 Å². The third-order valence-corrected chi connectivity index (χ3v) is 1.85. The Bertz CT molecular complexity index is 320. The molecule has 0 bridgehead atoms. The molecular formula is C10H12N2O2. The van der Waals surface area contributed by atoms with Crippen LogP contribution in [0, 0.1) is 0 Å². The van der Waals surface area contributed by atoms with Crippen molar-refractivity contribution in [2.45, 2.75) is 12.8 Å². The zero-order valence-corrected chi connectivity index (χ0v) is 7.67. The predicted octanol–water partition coefficient (Wildman–Crippen LogP) is 1.91. The summed E-state index contributed by atoms with van der Waals surface area (Å²) in [5.74, 6) is 0. The SMILES string of the molecule is O/N=C\C(CCc1ccccc1)=N/O. The van der Waals surface area contributed by atoms with Crippen LogP contribution in [0.3, 0.4) is 0 Å². The van der Waals surface area contributed by atoms with E-state index in [2.05, 4.69) is 10.3 Å². The van der Waals surface area contributed by atoms with E-state index >= 15 is 0 Å². The molecule has 0 saturated carbocycles. The first-order valence-corrected chi connectivity index (χ1v) is 4.29. The molecule has 0 spiro atoms. The highest BCUT2D eigenvalue weighted by Crippen LogP contribution is 2.02. The summed E-state index contributed by atoms with van der Waals surface area (Å²) in [6.45, 7) is 0. The van der Waals surface area contributed by atoms with Crippen molar-refractivity contribution in [3.63, 3.8) is 0 Å². The van der Waals surface area contributed by atoms with E-state index in [0.29, 0.717) is 12.1 Å². The smallest absolute Gasteiger partial charge is 0.101 e. The summed E-state index contributed by atoms with van der Waals surface area (Å²) in [5.41, 5.74) is 1.51. The van der Waals surface area contributed by atoms with Crippen molar-refractivity contribution in [2.24, 2.45) is 10.3 Å². The van der Waals surface area contributed by atoms with E-state index in [1.807, 2.05) is 30.3 Å². The van der Waals surface area contributed by atoms with E-state index in [1.165, 1.54) is 0 Å². The molecule has 0 radical (unpaired) electrons. The maximum Gasteiger partial charge on any atom is 0.101 e. The minimum Gasteiger partial charge on any atom is -0.411 e. The molecule has 14 heavy (non-hydrogen) atoms. The van der Waals surface area contributed by atoms with E-state index < -0.39 is 0 Å². The van der Waals surface area contributed by atoms with Crippen molar-refractivity contribution in [1.82, 2.24) is 0 Å². The molecule has 0 fully saturated rings. The van der Waals surface area contributed by atoms with Crippen LogP contribution < -0.4 is 0 Å². The Balaban J connectivity index is 2.48. The summed E-state index contributed by atoms with van der Waals surface area (Å²) in [7, 11) is 0. The van der Waals surface area contributed by atoms with Crippen molar-refractivity contribution in [3.8, 4) is 0 Å². The lowest BCUT2D eigenvalue weighted by Crippen LogP contribution is -2.02. The molecule has 0 unspecified atom stereocenters. The second-order valence-corrected chi connectivity index (χ2v) is 2.82. The average Bonchev–Trinajstić information content (AvgIpc) is 2.25. The quantitative estimate of drug-likeness (QED) is 0.434. The molecule has 0 aliphatic heterocycles. The molecule has 1 aromatic carbocycles. The third-order valence-electron chi connectivity index (χ3n) is 1.85. The Kier molecular flexibility index (Phi) is 4.20. The summed E-state index contributed by atoms with van der Waals surface area (Å²) in [6, 6.07) is 9.83. The fourth-order valence-electron chi connectivity index (χ4n) is 1.12. The van der Waals surface area contributed by atoms with Crippen LogP contribution in [0.1, 0.15) is 12.0 Å². The lowest BCUT2D eigenvalue weighted by atomic mass is 10.1. The van der Waals surface area contributed by atoms with Gasteiger partial charge in [0.25, 0.3) is 0 Å². The first-order chi connectivity index (χ1) is 6.86. The number of rotatable bonds is 4. The molecule has 74 valence electrons. The molecule has 0 heterocycles. The topological polar surface area (TPSA) is 65.2 Å². The van der Waals surface area contributed by atoms with Crippen molar-refractivity contribution in [3.05, 3.63) is 35.9 Å². The summed E-state index contributed by atoms with van der Waals surface area (Å²) >= 11 is 0. The van der Waals surface area contributed by atoms with Crippen LogP contribution in [0.5, 0.6) is 0 Å². The van der Waals surface area contributed by atoms with Crippen molar-refractivity contribution >= 4 is 11.9 Å². The standard InChI is InChI=1S/C10H12N2O2/c13-11-8-10(12-14)7-6-9-4-2-1-3-5-9/h1-5,8,13-14H,6-7H2/b11-8-,12-10-. The normalized spacial score (nSPS) is 12.1. The number of hydrogen-bond acceptors (Lipinski definition) is 4. The highest BCUT2D eigenvalue weighted by molar-refractivity contribution is 6.30. The van der Waals surface area contributed by atoms with Crippen LogP contribution in [0.4, 0.5) is 0 Å². The van der Waals surface area contributed by atoms with Crippen molar-refractivity contribution in [1.29, 1.82) is 0 Å². The summed E-state index contributed by atoms with van der Waals surface area (Å²) in [5, 5.41) is 22.6. The van der Waals surface area contributed by atoms with Crippen LogP contribution in [-0.2, 0) is 6.42 Å². The van der Waals surface area contributed by atoms with Gasteiger partial charge in [-0.3, -0.25) is 0 Å². The van der Waals surface area contributed by atoms with Gasteiger partial charge in [-0.15, -0.1) is 0 Å². The first kappa shape index (κ1) is 10.2. The summed E-state index contributed by atoms with van der Waals surface area (Å²) in [6.07, 6.45) is 2.43. The monoisotopic (exact) mass is 192 g/mol. The van der Waals surface area contributed by atoms with Gasteiger partial charge in [-0.05, 0) is 18.4 Å². The van der Waals surface area contributed by atoms with Gasteiger partial charge in [0, 0.05) is 0 Å². The minimum absolute atomic E-state index is 0.358. The maximum atomic E-state index is 8.52. The molecule has 4 heteroatoms. The Morgan fingerprint density at radius 3 is 2.50 bits per heavy atom. The fraction of sp³-hybridized carbons (Fsp3) is 0.200. The first-order valence-electron chi connectivity index (χ1n) is 4.29. The van der Waals surface area contributed by atoms with Crippen LogP contribution in [0.2, 0.25) is 0 Å². The second kappa shape index (κ2) is 5.75. The van der Waals surface area contributed by atoms with E-state index in [1.54, 1.807) is 0 Å². The Morgan fingerprint density at radius 2 is 1.93 bits per heavy atom. The van der Waals surface area contributed by atoms with E-state index in [0.717, 1.165) is 18.2 Å². The lowest BCUT2D eigenvalue weighted by Gasteiger charge is -1.98. The van der Waals surface area contributed by atoms with E-state index in [4.69, 9.17) is 10.4 Å². The Morgan fingerprint density at radius 1 is 1.21 bits per heavy atom. The van der Waals surface area contributed by atoms with Crippen molar-refractivity contribution in [2.75, 3.05) is 0 Å². The van der Waals surface area contributed by atoms with Gasteiger partial charge in [0.05, 0.1) is 6.21 Å². The van der Waals surface area contributed by atoms with Crippen LogP contribution in [0.25, 0.3) is 0 Å². The summed E-state index contributed by atoms with van der Waals surface area (Å²) in [4.78, 5) is 0. The van der Waals surface area contributed by atoms with E-state index in [9.17, 15) is 0 Å². The van der Waals surface area contributed by atoms with Crippen LogP contribution >= 0.6 is 0 Å². The molecule has 0 aliphatic rings. The molecule has 1 rings (SSSR count). The van der Waals surface area contributed by atoms with Gasteiger partial charge in [-0.25, -0.2) is 0 Å². The molecule has 0 atom stereocenters. The van der Waals surface area contributed by atoms with Crippen LogP contribution in [0.15, 0.2) is 40.6 Å². The highest BCUT2D eigenvalue weighted by atomic mass is 16.4. The number of benzene rings is 1. The Labute approximate surface area is 82.2 Å². The van der Waals surface area contributed by atoms with Gasteiger partial charge < -0.3 is 10.4 Å². The minimum atomic E-state index is 0.358. The maximum absolute atomic E-state index is 8.52. The highest BCUT2D eigenvalue weighted by Gasteiger charge is 1.98. The molecule has 4 nitrogen and oxygen atoms in total. The van der Waals surface area contributed by atoms with Crippen molar-refractivity contribution < 1.29 is 10.4 Å². The number of aryl methyl sites for hydroxylation is 1. The summed E-state index contributed by atoms with van der Waals surface area (Å²) < 4.78 is 0. The molecule has 0 saturated heterocycles.